The van der Waals surface area contributed by atoms with Crippen molar-refractivity contribution in [3.8, 4) is 10.6 Å². The predicted octanol–water partition coefficient (Wildman–Crippen LogP) is 4.25. The molecule has 0 saturated heterocycles. The smallest absolute Gasteiger partial charge is 0.336 e. The molecule has 3 rings (SSSR count). The third-order valence-electron chi connectivity index (χ3n) is 3.15. The van der Waals surface area contributed by atoms with Crippen molar-refractivity contribution in [1.29, 1.82) is 0 Å². The van der Waals surface area contributed by atoms with E-state index >= 15 is 0 Å². The first kappa shape index (κ1) is 13.6. The summed E-state index contributed by atoms with van der Waals surface area (Å²) in [7, 11) is 0. The maximum absolute atomic E-state index is 13.9. The van der Waals surface area contributed by atoms with Gasteiger partial charge in [0.1, 0.15) is 11.6 Å². The van der Waals surface area contributed by atoms with Crippen LogP contribution in [0.2, 0.25) is 0 Å². The highest BCUT2D eigenvalue weighted by molar-refractivity contribution is 7.13. The summed E-state index contributed by atoms with van der Waals surface area (Å²) in [4.78, 5) is 16.4. The molecular weight excluding hydrogens is 296 g/mol. The van der Waals surface area contributed by atoms with Gasteiger partial charge < -0.3 is 5.11 Å². The third-order valence-corrected chi connectivity index (χ3v) is 4.19. The van der Waals surface area contributed by atoms with E-state index in [2.05, 4.69) is 4.98 Å². The molecule has 0 saturated carbocycles. The fourth-order valence-corrected chi connectivity index (χ4v) is 3.09. The van der Waals surface area contributed by atoms with Gasteiger partial charge in [0, 0.05) is 12.1 Å². The quantitative estimate of drug-likeness (QED) is 0.770. The molecule has 6 heteroatoms. The van der Waals surface area contributed by atoms with Crippen LogP contribution in [0.5, 0.6) is 0 Å². The molecule has 0 aliphatic rings. The Bertz CT molecular complexity index is 873. The number of nitrogens with zero attached hydrogens (tertiary/aromatic N) is 1. The summed E-state index contributed by atoms with van der Waals surface area (Å²) < 4.78 is 27.2. The van der Waals surface area contributed by atoms with E-state index in [1.54, 1.807) is 0 Å². The Hall–Kier alpha value is -2.34. The Labute approximate surface area is 122 Å². The van der Waals surface area contributed by atoms with Crippen LogP contribution in [-0.2, 0) is 0 Å². The molecule has 1 N–H and O–H groups in total. The molecule has 2 heterocycles. The van der Waals surface area contributed by atoms with Gasteiger partial charge in [-0.05, 0) is 30.0 Å². The lowest BCUT2D eigenvalue weighted by Crippen LogP contribution is -2.02. The second-order valence-electron chi connectivity index (χ2n) is 4.57. The number of halogens is 2. The summed E-state index contributed by atoms with van der Waals surface area (Å²) in [5.41, 5.74) is 1.10. The maximum atomic E-state index is 13.9. The van der Waals surface area contributed by atoms with Gasteiger partial charge >= 0.3 is 5.97 Å². The van der Waals surface area contributed by atoms with E-state index in [4.69, 9.17) is 0 Å². The third kappa shape index (κ3) is 2.27. The van der Waals surface area contributed by atoms with Crippen molar-refractivity contribution >= 4 is 28.2 Å². The van der Waals surface area contributed by atoms with Crippen LogP contribution in [0.1, 0.15) is 15.9 Å². The van der Waals surface area contributed by atoms with Gasteiger partial charge in [-0.1, -0.05) is 0 Å². The Morgan fingerprint density at radius 1 is 1.29 bits per heavy atom. The van der Waals surface area contributed by atoms with E-state index in [0.717, 1.165) is 16.5 Å². The lowest BCUT2D eigenvalue weighted by Gasteiger charge is -2.07. The molecule has 0 amide bonds. The number of carboxylic acid groups (broad SMARTS) is 1. The molecule has 0 fully saturated rings. The monoisotopic (exact) mass is 305 g/mol. The molecule has 0 spiro atoms. The Kier molecular flexibility index (Phi) is 3.17. The van der Waals surface area contributed by atoms with Crippen LogP contribution in [0.25, 0.3) is 21.5 Å². The lowest BCUT2D eigenvalue weighted by atomic mass is 10.1. The summed E-state index contributed by atoms with van der Waals surface area (Å²) in [6, 6.07) is 4.90. The molecule has 0 unspecified atom stereocenters. The summed E-state index contributed by atoms with van der Waals surface area (Å²) >= 11 is 1.40. The highest BCUT2D eigenvalue weighted by Gasteiger charge is 2.18. The van der Waals surface area contributed by atoms with Gasteiger partial charge in [-0.2, -0.15) is 0 Å². The van der Waals surface area contributed by atoms with Crippen LogP contribution in [-0.4, -0.2) is 16.1 Å². The van der Waals surface area contributed by atoms with Gasteiger partial charge in [-0.25, -0.2) is 18.6 Å². The second kappa shape index (κ2) is 4.89. The predicted molar refractivity (Wildman–Crippen MR) is 76.7 cm³/mol. The number of hydrogen-bond donors (Lipinski definition) is 1. The van der Waals surface area contributed by atoms with Gasteiger partial charge in [0.2, 0.25) is 0 Å². The first-order chi connectivity index (χ1) is 9.97. The number of aromatic nitrogens is 1. The van der Waals surface area contributed by atoms with E-state index in [1.807, 2.05) is 18.4 Å². The largest absolute Gasteiger partial charge is 0.478 e. The van der Waals surface area contributed by atoms with Crippen molar-refractivity contribution in [2.24, 2.45) is 0 Å². The molecule has 0 aliphatic carbocycles. The average molecular weight is 305 g/mol. The molecule has 0 aliphatic heterocycles. The van der Waals surface area contributed by atoms with Crippen LogP contribution in [0.4, 0.5) is 8.78 Å². The second-order valence-corrected chi connectivity index (χ2v) is 5.49. The summed E-state index contributed by atoms with van der Waals surface area (Å²) in [6.45, 7) is 1.87. The van der Waals surface area contributed by atoms with Crippen molar-refractivity contribution in [3.63, 3.8) is 0 Å². The van der Waals surface area contributed by atoms with Crippen LogP contribution in [0.3, 0.4) is 0 Å². The minimum absolute atomic E-state index is 0.00444. The molecule has 2 aromatic heterocycles. The van der Waals surface area contributed by atoms with E-state index < -0.39 is 17.6 Å². The van der Waals surface area contributed by atoms with Crippen LogP contribution in [0, 0.1) is 18.6 Å². The summed E-state index contributed by atoms with van der Waals surface area (Å²) in [5.74, 6) is -2.99. The number of pyridine rings is 1. The molecular formula is C15H9F2NO2S. The van der Waals surface area contributed by atoms with Crippen LogP contribution < -0.4 is 0 Å². The summed E-state index contributed by atoms with van der Waals surface area (Å²) in [5, 5.41) is 11.0. The molecule has 1 aromatic carbocycles. The highest BCUT2D eigenvalue weighted by Crippen LogP contribution is 2.32. The first-order valence-corrected chi connectivity index (χ1v) is 6.93. The first-order valence-electron chi connectivity index (χ1n) is 6.05. The SMILES string of the molecule is Cc1ccsc1-c1cc(C(=O)O)c2c(F)cc(F)cc2n1. The number of hydrogen-bond acceptors (Lipinski definition) is 3. The van der Waals surface area contributed by atoms with Crippen molar-refractivity contribution in [2.75, 3.05) is 0 Å². The van der Waals surface area contributed by atoms with Gasteiger partial charge in [0.15, 0.2) is 0 Å². The van der Waals surface area contributed by atoms with Crippen LogP contribution >= 0.6 is 11.3 Å². The van der Waals surface area contributed by atoms with Crippen molar-refractivity contribution < 1.29 is 18.7 Å². The zero-order chi connectivity index (χ0) is 15.1. The van der Waals surface area contributed by atoms with Crippen molar-refractivity contribution in [2.45, 2.75) is 6.92 Å². The molecule has 0 radical (unpaired) electrons. The fourth-order valence-electron chi connectivity index (χ4n) is 2.21. The van der Waals surface area contributed by atoms with Crippen molar-refractivity contribution in [3.05, 3.63) is 52.4 Å². The van der Waals surface area contributed by atoms with E-state index in [0.29, 0.717) is 11.8 Å². The minimum atomic E-state index is -1.27. The topological polar surface area (TPSA) is 50.2 Å². The molecule has 0 bridgehead atoms. The van der Waals surface area contributed by atoms with E-state index in [9.17, 15) is 18.7 Å². The number of carbonyl (C=O) groups is 1. The Morgan fingerprint density at radius 2 is 2.05 bits per heavy atom. The number of rotatable bonds is 2. The van der Waals surface area contributed by atoms with Crippen LogP contribution in [0.15, 0.2) is 29.6 Å². The maximum Gasteiger partial charge on any atom is 0.336 e. The zero-order valence-electron chi connectivity index (χ0n) is 10.9. The van der Waals surface area contributed by atoms with Gasteiger partial charge in [0.05, 0.1) is 27.0 Å². The van der Waals surface area contributed by atoms with Crippen molar-refractivity contribution in [1.82, 2.24) is 4.98 Å². The highest BCUT2D eigenvalue weighted by atomic mass is 32.1. The summed E-state index contributed by atoms with van der Waals surface area (Å²) in [6.07, 6.45) is 0. The molecule has 0 atom stereocenters. The molecule has 3 aromatic rings. The molecule has 106 valence electrons. The average Bonchev–Trinajstić information content (AvgIpc) is 2.83. The Morgan fingerprint density at radius 3 is 2.67 bits per heavy atom. The fraction of sp³-hybridized carbons (Fsp3) is 0.0667. The number of thiophene rings is 1. The van der Waals surface area contributed by atoms with E-state index in [1.165, 1.54) is 17.4 Å². The number of aromatic carboxylic acids is 1. The number of carboxylic acids is 1. The molecule has 21 heavy (non-hydrogen) atoms. The number of fused-ring (bicyclic) bond motifs is 1. The van der Waals surface area contributed by atoms with Gasteiger partial charge in [-0.3, -0.25) is 0 Å². The normalized spacial score (nSPS) is 11.0. The number of benzene rings is 1. The van der Waals surface area contributed by atoms with E-state index in [-0.39, 0.29) is 16.5 Å². The zero-order valence-corrected chi connectivity index (χ0v) is 11.7. The molecule has 3 nitrogen and oxygen atoms in total. The Balaban J connectivity index is 2.40. The van der Waals surface area contributed by atoms with Gasteiger partial charge in [0.25, 0.3) is 0 Å². The van der Waals surface area contributed by atoms with Gasteiger partial charge in [-0.15, -0.1) is 11.3 Å². The number of aryl methyl sites for hydroxylation is 1. The minimum Gasteiger partial charge on any atom is -0.478 e. The lowest BCUT2D eigenvalue weighted by molar-refractivity contribution is 0.0698. The standard InChI is InChI=1S/C15H9F2NO2S/c1-7-2-3-21-14(7)12-6-9(15(19)20)13-10(17)4-8(16)5-11(13)18-12/h2-6H,1H3,(H,19,20).